The number of aromatic nitrogens is 1. The lowest BCUT2D eigenvalue weighted by atomic mass is 10.3. The second-order valence-corrected chi connectivity index (χ2v) is 3.34. The van der Waals surface area contributed by atoms with Crippen LogP contribution in [0.2, 0.25) is 5.15 Å². The predicted molar refractivity (Wildman–Crippen MR) is 53.8 cm³/mol. The average molecular weight is 200 g/mol. The van der Waals surface area contributed by atoms with Crippen LogP contribution in [0.15, 0.2) is 18.3 Å². The second-order valence-electron chi connectivity index (χ2n) is 2.98. The van der Waals surface area contributed by atoms with Crippen LogP contribution < -0.4 is 0 Å². The minimum atomic E-state index is 0.274. The van der Waals surface area contributed by atoms with E-state index in [2.05, 4.69) is 11.9 Å². The molecule has 1 atom stereocenters. The largest absolute Gasteiger partial charge is 0.374 e. The van der Waals surface area contributed by atoms with Gasteiger partial charge in [-0.05, 0) is 19.4 Å². The first-order valence-electron chi connectivity index (χ1n) is 4.45. The molecule has 0 amide bonds. The van der Waals surface area contributed by atoms with Crippen molar-refractivity contribution in [1.82, 2.24) is 4.98 Å². The van der Waals surface area contributed by atoms with Crippen LogP contribution in [0.25, 0.3) is 0 Å². The third-order valence-electron chi connectivity index (χ3n) is 1.93. The molecule has 0 bridgehead atoms. The van der Waals surface area contributed by atoms with Gasteiger partial charge in [0.15, 0.2) is 0 Å². The molecule has 1 aromatic heterocycles. The molecule has 2 nitrogen and oxygen atoms in total. The molecule has 72 valence electrons. The average Bonchev–Trinajstić information content (AvgIpc) is 2.16. The van der Waals surface area contributed by atoms with Crippen molar-refractivity contribution >= 4 is 11.6 Å². The molecule has 3 heteroatoms. The minimum Gasteiger partial charge on any atom is -0.374 e. The second kappa shape index (κ2) is 5.20. The zero-order chi connectivity index (χ0) is 9.68. The van der Waals surface area contributed by atoms with Crippen molar-refractivity contribution in [1.29, 1.82) is 0 Å². The van der Waals surface area contributed by atoms with Gasteiger partial charge >= 0.3 is 0 Å². The standard InChI is InChI=1S/C10H14ClNO/c1-3-8(2)13-7-9-5-4-6-12-10(9)11/h4-6,8H,3,7H2,1-2H3. The molecule has 0 N–H and O–H groups in total. The molecule has 0 saturated heterocycles. The van der Waals surface area contributed by atoms with Gasteiger partial charge < -0.3 is 4.74 Å². The Morgan fingerprint density at radius 1 is 1.62 bits per heavy atom. The van der Waals surface area contributed by atoms with Crippen molar-refractivity contribution in [3.05, 3.63) is 29.0 Å². The fourth-order valence-electron chi connectivity index (χ4n) is 0.877. The van der Waals surface area contributed by atoms with Crippen LogP contribution in [-0.4, -0.2) is 11.1 Å². The van der Waals surface area contributed by atoms with Gasteiger partial charge in [-0.3, -0.25) is 0 Å². The third kappa shape index (κ3) is 3.33. The molecule has 1 unspecified atom stereocenters. The predicted octanol–water partition coefficient (Wildman–Crippen LogP) is 3.05. The van der Waals surface area contributed by atoms with Crippen LogP contribution in [0.1, 0.15) is 25.8 Å². The summed E-state index contributed by atoms with van der Waals surface area (Å²) in [7, 11) is 0. The van der Waals surface area contributed by atoms with E-state index < -0.39 is 0 Å². The van der Waals surface area contributed by atoms with Gasteiger partial charge in [-0.2, -0.15) is 0 Å². The van der Waals surface area contributed by atoms with Gasteiger partial charge in [0, 0.05) is 11.8 Å². The normalized spacial score (nSPS) is 12.8. The highest BCUT2D eigenvalue weighted by Crippen LogP contribution is 2.13. The lowest BCUT2D eigenvalue weighted by Gasteiger charge is -2.10. The highest BCUT2D eigenvalue weighted by atomic mass is 35.5. The van der Waals surface area contributed by atoms with Crippen molar-refractivity contribution in [2.24, 2.45) is 0 Å². The van der Waals surface area contributed by atoms with E-state index in [-0.39, 0.29) is 6.10 Å². The Balaban J connectivity index is 2.50. The van der Waals surface area contributed by atoms with Gasteiger partial charge in [0.2, 0.25) is 0 Å². The summed E-state index contributed by atoms with van der Waals surface area (Å²) in [6, 6.07) is 3.79. The first-order valence-corrected chi connectivity index (χ1v) is 4.82. The number of hydrogen-bond acceptors (Lipinski definition) is 2. The minimum absolute atomic E-state index is 0.274. The van der Waals surface area contributed by atoms with Crippen molar-refractivity contribution in [2.75, 3.05) is 0 Å². The molecule has 1 rings (SSSR count). The summed E-state index contributed by atoms with van der Waals surface area (Å²) in [5.41, 5.74) is 0.949. The molecule has 1 heterocycles. The number of hydrogen-bond donors (Lipinski definition) is 0. The van der Waals surface area contributed by atoms with Crippen LogP contribution >= 0.6 is 11.6 Å². The lowest BCUT2D eigenvalue weighted by molar-refractivity contribution is 0.0507. The molecule has 1 aromatic rings. The topological polar surface area (TPSA) is 22.1 Å². The molecule has 0 aromatic carbocycles. The van der Waals surface area contributed by atoms with E-state index in [1.807, 2.05) is 19.1 Å². The van der Waals surface area contributed by atoms with Crippen LogP contribution in [0.4, 0.5) is 0 Å². The summed E-state index contributed by atoms with van der Waals surface area (Å²) in [5, 5.41) is 0.533. The van der Waals surface area contributed by atoms with E-state index in [1.165, 1.54) is 0 Å². The van der Waals surface area contributed by atoms with E-state index in [0.29, 0.717) is 11.8 Å². The number of halogens is 1. The molecule has 0 saturated carbocycles. The Labute approximate surface area is 83.9 Å². The zero-order valence-electron chi connectivity index (χ0n) is 7.96. The van der Waals surface area contributed by atoms with Crippen molar-refractivity contribution in [3.63, 3.8) is 0 Å². The first kappa shape index (κ1) is 10.5. The van der Waals surface area contributed by atoms with Gasteiger partial charge in [0.1, 0.15) is 5.15 Å². The zero-order valence-corrected chi connectivity index (χ0v) is 8.71. The summed E-state index contributed by atoms with van der Waals surface area (Å²) in [6.45, 7) is 4.68. The smallest absolute Gasteiger partial charge is 0.134 e. The number of nitrogens with zero attached hydrogens (tertiary/aromatic N) is 1. The molecule has 0 aliphatic heterocycles. The van der Waals surface area contributed by atoms with Crippen LogP contribution in [-0.2, 0) is 11.3 Å². The van der Waals surface area contributed by atoms with Gasteiger partial charge in [-0.25, -0.2) is 4.98 Å². The summed E-state index contributed by atoms with van der Waals surface area (Å²) < 4.78 is 5.53. The van der Waals surface area contributed by atoms with Gasteiger partial charge in [-0.1, -0.05) is 24.6 Å². The summed E-state index contributed by atoms with van der Waals surface area (Å²) in [4.78, 5) is 3.97. The maximum absolute atomic E-state index is 5.86. The Bertz CT molecular complexity index is 265. The third-order valence-corrected chi connectivity index (χ3v) is 2.27. The summed E-state index contributed by atoms with van der Waals surface area (Å²) >= 11 is 5.86. The van der Waals surface area contributed by atoms with Crippen molar-refractivity contribution < 1.29 is 4.74 Å². The molecule has 0 aliphatic carbocycles. The highest BCUT2D eigenvalue weighted by molar-refractivity contribution is 6.30. The Morgan fingerprint density at radius 3 is 3.00 bits per heavy atom. The fourth-order valence-corrected chi connectivity index (χ4v) is 1.05. The molecule has 0 aliphatic rings. The monoisotopic (exact) mass is 199 g/mol. The van der Waals surface area contributed by atoms with E-state index in [0.717, 1.165) is 12.0 Å². The van der Waals surface area contributed by atoms with Gasteiger partial charge in [0.05, 0.1) is 12.7 Å². The number of ether oxygens (including phenoxy) is 1. The molecule has 13 heavy (non-hydrogen) atoms. The van der Waals surface area contributed by atoms with E-state index >= 15 is 0 Å². The highest BCUT2D eigenvalue weighted by Gasteiger charge is 2.02. The molecular formula is C10H14ClNO. The number of rotatable bonds is 4. The Hall–Kier alpha value is -0.600. The fraction of sp³-hybridized carbons (Fsp3) is 0.500. The van der Waals surface area contributed by atoms with E-state index in [9.17, 15) is 0 Å². The SMILES string of the molecule is CCC(C)OCc1cccnc1Cl. The molecule has 0 fully saturated rings. The van der Waals surface area contributed by atoms with Crippen LogP contribution in [0.3, 0.4) is 0 Å². The molecule has 0 spiro atoms. The van der Waals surface area contributed by atoms with Gasteiger partial charge in [0.25, 0.3) is 0 Å². The summed E-state index contributed by atoms with van der Waals surface area (Å²) in [5.74, 6) is 0. The Morgan fingerprint density at radius 2 is 2.38 bits per heavy atom. The number of pyridine rings is 1. The quantitative estimate of drug-likeness (QED) is 0.696. The van der Waals surface area contributed by atoms with Gasteiger partial charge in [-0.15, -0.1) is 0 Å². The van der Waals surface area contributed by atoms with Crippen LogP contribution in [0, 0.1) is 0 Å². The van der Waals surface area contributed by atoms with Crippen LogP contribution in [0.5, 0.6) is 0 Å². The Kier molecular flexibility index (Phi) is 4.19. The maximum Gasteiger partial charge on any atom is 0.134 e. The molecular weight excluding hydrogens is 186 g/mol. The summed E-state index contributed by atoms with van der Waals surface area (Å²) in [6.07, 6.45) is 2.96. The maximum atomic E-state index is 5.86. The van der Waals surface area contributed by atoms with Crippen molar-refractivity contribution in [3.8, 4) is 0 Å². The first-order chi connectivity index (χ1) is 6.24. The van der Waals surface area contributed by atoms with Crippen molar-refractivity contribution in [2.45, 2.75) is 33.0 Å². The van der Waals surface area contributed by atoms with E-state index in [4.69, 9.17) is 16.3 Å². The molecule has 0 radical (unpaired) electrons. The lowest BCUT2D eigenvalue weighted by Crippen LogP contribution is -2.06. The van der Waals surface area contributed by atoms with E-state index in [1.54, 1.807) is 6.20 Å².